The van der Waals surface area contributed by atoms with Gasteiger partial charge in [0, 0.05) is 24.0 Å². The number of anilines is 1. The predicted octanol–water partition coefficient (Wildman–Crippen LogP) is 4.22. The number of amides is 1. The van der Waals surface area contributed by atoms with E-state index in [4.69, 9.17) is 0 Å². The van der Waals surface area contributed by atoms with Crippen LogP contribution >= 0.6 is 15.9 Å². The van der Waals surface area contributed by atoms with Crippen LogP contribution in [0, 0.1) is 6.92 Å². The molecular weight excluding hydrogens is 440 g/mol. The van der Waals surface area contributed by atoms with Gasteiger partial charge in [-0.3, -0.25) is 9.10 Å². The molecule has 0 fully saturated rings. The monoisotopic (exact) mass is 466 g/mol. The number of hydrogen-bond donors (Lipinski definition) is 1. The first kappa shape index (κ1) is 22.4. The lowest BCUT2D eigenvalue weighted by Crippen LogP contribution is -2.32. The number of sulfonamides is 1. The first-order valence-corrected chi connectivity index (χ1v) is 11.9. The lowest BCUT2D eigenvalue weighted by Gasteiger charge is -2.23. The molecule has 0 heterocycles. The molecule has 1 N–H and O–H groups in total. The largest absolute Gasteiger partial charge is 0.356 e. The van der Waals surface area contributed by atoms with E-state index in [1.807, 2.05) is 49.4 Å². The van der Waals surface area contributed by atoms with Crippen molar-refractivity contribution in [2.75, 3.05) is 23.7 Å². The Kier molecular flexibility index (Phi) is 8.07. The van der Waals surface area contributed by atoms with Gasteiger partial charge in [-0.2, -0.15) is 0 Å². The number of nitrogens with one attached hydrogen (secondary N) is 1. The number of nitrogens with zero attached hydrogens (tertiary/aromatic N) is 1. The van der Waals surface area contributed by atoms with Gasteiger partial charge in [-0.15, -0.1) is 0 Å². The zero-order valence-corrected chi connectivity index (χ0v) is 18.9. The van der Waals surface area contributed by atoms with Crippen molar-refractivity contribution < 1.29 is 13.2 Å². The van der Waals surface area contributed by atoms with E-state index >= 15 is 0 Å². The Labute approximate surface area is 176 Å². The normalized spacial score (nSPS) is 12.4. The summed E-state index contributed by atoms with van der Waals surface area (Å²) in [5, 5.41) is 2.94. The number of carbonyl (C=O) groups is 1. The van der Waals surface area contributed by atoms with Gasteiger partial charge in [0.2, 0.25) is 15.9 Å². The van der Waals surface area contributed by atoms with Crippen molar-refractivity contribution in [3.63, 3.8) is 0 Å². The molecule has 7 heteroatoms. The van der Waals surface area contributed by atoms with Crippen LogP contribution in [-0.4, -0.2) is 33.7 Å². The van der Waals surface area contributed by atoms with Crippen molar-refractivity contribution in [3.8, 4) is 0 Å². The quantitative estimate of drug-likeness (QED) is 0.601. The lowest BCUT2D eigenvalue weighted by molar-refractivity contribution is -0.121. The molecule has 0 saturated heterocycles. The zero-order valence-electron chi connectivity index (χ0n) is 16.5. The first-order chi connectivity index (χ1) is 13.2. The van der Waals surface area contributed by atoms with E-state index in [1.54, 1.807) is 6.07 Å². The molecule has 152 valence electrons. The number of aryl methyl sites for hydroxylation is 1. The van der Waals surface area contributed by atoms with Crippen LogP contribution in [0.15, 0.2) is 53.0 Å². The van der Waals surface area contributed by atoms with Gasteiger partial charge in [-0.05, 0) is 48.6 Å². The van der Waals surface area contributed by atoms with Crippen molar-refractivity contribution in [1.82, 2.24) is 5.32 Å². The summed E-state index contributed by atoms with van der Waals surface area (Å²) < 4.78 is 26.7. The van der Waals surface area contributed by atoms with E-state index in [0.717, 1.165) is 10.0 Å². The molecule has 0 saturated carbocycles. The Hall–Kier alpha value is -1.86. The molecule has 0 bridgehead atoms. The molecule has 0 aliphatic rings. The predicted molar refractivity (Wildman–Crippen MR) is 118 cm³/mol. The molecule has 2 aromatic rings. The average Bonchev–Trinajstić information content (AvgIpc) is 2.65. The highest BCUT2D eigenvalue weighted by Crippen LogP contribution is 2.25. The van der Waals surface area contributed by atoms with Crippen LogP contribution in [0.2, 0.25) is 0 Å². The summed E-state index contributed by atoms with van der Waals surface area (Å²) in [4.78, 5) is 12.2. The smallest absolute Gasteiger partial charge is 0.232 e. The molecule has 28 heavy (non-hydrogen) atoms. The van der Waals surface area contributed by atoms with E-state index in [1.165, 1.54) is 16.1 Å². The van der Waals surface area contributed by atoms with E-state index in [2.05, 4.69) is 28.2 Å². The maximum atomic E-state index is 12.2. The third-order valence-electron chi connectivity index (χ3n) is 4.57. The maximum Gasteiger partial charge on any atom is 0.232 e. The van der Waals surface area contributed by atoms with Gasteiger partial charge in [0.15, 0.2) is 0 Å². The summed E-state index contributed by atoms with van der Waals surface area (Å²) in [7, 11) is -3.42. The molecule has 1 atom stereocenters. The Morgan fingerprint density at radius 2 is 1.86 bits per heavy atom. The fraction of sp³-hybridized carbons (Fsp3) is 0.381. The number of rotatable bonds is 9. The highest BCUT2D eigenvalue weighted by molar-refractivity contribution is 9.10. The SMILES string of the molecule is Cc1cc(N(CCCC(=O)NCC(C)c2ccccc2)S(C)(=O)=O)ccc1Br. The molecule has 1 amide bonds. The van der Waals surface area contributed by atoms with Gasteiger partial charge in [0.05, 0.1) is 11.9 Å². The van der Waals surface area contributed by atoms with Gasteiger partial charge in [0.1, 0.15) is 0 Å². The van der Waals surface area contributed by atoms with Crippen LogP contribution in [0.4, 0.5) is 5.69 Å². The van der Waals surface area contributed by atoms with E-state index in [0.29, 0.717) is 18.7 Å². The molecular formula is C21H27BrN2O3S. The van der Waals surface area contributed by atoms with E-state index in [9.17, 15) is 13.2 Å². The van der Waals surface area contributed by atoms with Crippen LogP contribution in [0.5, 0.6) is 0 Å². The van der Waals surface area contributed by atoms with Crippen LogP contribution in [0.25, 0.3) is 0 Å². The number of carbonyl (C=O) groups excluding carboxylic acids is 1. The second-order valence-corrected chi connectivity index (χ2v) is 9.75. The van der Waals surface area contributed by atoms with Crippen molar-refractivity contribution in [1.29, 1.82) is 0 Å². The maximum absolute atomic E-state index is 12.2. The minimum atomic E-state index is -3.42. The van der Waals surface area contributed by atoms with Crippen molar-refractivity contribution in [2.24, 2.45) is 0 Å². The van der Waals surface area contributed by atoms with Crippen LogP contribution in [0.1, 0.15) is 36.8 Å². The summed E-state index contributed by atoms with van der Waals surface area (Å²) >= 11 is 3.43. The Morgan fingerprint density at radius 3 is 2.46 bits per heavy atom. The number of benzene rings is 2. The molecule has 0 radical (unpaired) electrons. The molecule has 1 unspecified atom stereocenters. The van der Waals surface area contributed by atoms with Gasteiger partial charge in [0.25, 0.3) is 0 Å². The van der Waals surface area contributed by atoms with Crippen LogP contribution in [-0.2, 0) is 14.8 Å². The molecule has 0 aliphatic carbocycles. The van der Waals surface area contributed by atoms with Crippen molar-refractivity contribution >= 4 is 37.5 Å². The third kappa shape index (κ3) is 6.63. The second-order valence-electron chi connectivity index (χ2n) is 6.99. The van der Waals surface area contributed by atoms with Gasteiger partial charge < -0.3 is 5.32 Å². The highest BCUT2D eigenvalue weighted by atomic mass is 79.9. The molecule has 0 aliphatic heterocycles. The highest BCUT2D eigenvalue weighted by Gasteiger charge is 2.18. The average molecular weight is 467 g/mol. The zero-order chi connectivity index (χ0) is 20.7. The van der Waals surface area contributed by atoms with Gasteiger partial charge in [-0.1, -0.05) is 53.2 Å². The van der Waals surface area contributed by atoms with Crippen LogP contribution in [0.3, 0.4) is 0 Å². The minimum absolute atomic E-state index is 0.0665. The third-order valence-corrected chi connectivity index (χ3v) is 6.65. The standard InChI is InChI=1S/C21H27BrN2O3S/c1-16-14-19(11-12-20(16)22)24(28(3,26)27)13-7-10-21(25)23-15-17(2)18-8-5-4-6-9-18/h4-6,8-9,11-12,14,17H,7,10,13,15H2,1-3H3,(H,23,25). The fourth-order valence-electron chi connectivity index (χ4n) is 2.91. The minimum Gasteiger partial charge on any atom is -0.356 e. The number of halogens is 1. The van der Waals surface area contributed by atoms with Gasteiger partial charge >= 0.3 is 0 Å². The summed E-state index contributed by atoms with van der Waals surface area (Å²) in [5.41, 5.74) is 2.75. The summed E-state index contributed by atoms with van der Waals surface area (Å²) in [5.74, 6) is 0.159. The summed E-state index contributed by atoms with van der Waals surface area (Å²) in [6, 6.07) is 15.4. The first-order valence-electron chi connectivity index (χ1n) is 9.24. The lowest BCUT2D eigenvalue weighted by atomic mass is 10.0. The molecule has 2 aromatic carbocycles. The molecule has 5 nitrogen and oxygen atoms in total. The second kappa shape index (κ2) is 10.1. The Morgan fingerprint density at radius 1 is 1.18 bits per heavy atom. The Balaban J connectivity index is 1.88. The Bertz CT molecular complexity index is 901. The fourth-order valence-corrected chi connectivity index (χ4v) is 4.11. The van der Waals surface area contributed by atoms with Crippen LogP contribution < -0.4 is 9.62 Å². The van der Waals surface area contributed by atoms with Crippen molar-refractivity contribution in [2.45, 2.75) is 32.6 Å². The molecule has 0 spiro atoms. The molecule has 2 rings (SSSR count). The van der Waals surface area contributed by atoms with Gasteiger partial charge in [-0.25, -0.2) is 8.42 Å². The van der Waals surface area contributed by atoms with Crippen molar-refractivity contribution in [3.05, 3.63) is 64.1 Å². The number of hydrogen-bond acceptors (Lipinski definition) is 3. The molecule has 0 aromatic heterocycles. The van der Waals surface area contributed by atoms with E-state index in [-0.39, 0.29) is 24.8 Å². The topological polar surface area (TPSA) is 66.5 Å². The summed E-state index contributed by atoms with van der Waals surface area (Å²) in [6.07, 6.45) is 1.92. The summed E-state index contributed by atoms with van der Waals surface area (Å²) in [6.45, 7) is 4.80. The van der Waals surface area contributed by atoms with E-state index < -0.39 is 10.0 Å².